The molecule has 136 valence electrons. The van der Waals surface area contributed by atoms with E-state index in [0.29, 0.717) is 16.8 Å². The molecule has 0 radical (unpaired) electrons. The van der Waals surface area contributed by atoms with Crippen LogP contribution in [0.2, 0.25) is 0 Å². The van der Waals surface area contributed by atoms with E-state index in [-0.39, 0.29) is 23.9 Å². The smallest absolute Gasteiger partial charge is 0.269 e. The highest BCUT2D eigenvalue weighted by Crippen LogP contribution is 2.17. The van der Waals surface area contributed by atoms with E-state index >= 15 is 0 Å². The predicted molar refractivity (Wildman–Crippen MR) is 99.1 cm³/mol. The molecule has 2 rings (SSSR count). The molecule has 0 aliphatic heterocycles. The number of rotatable bonds is 5. The maximum atomic E-state index is 12.4. The van der Waals surface area contributed by atoms with Crippen LogP contribution in [0.3, 0.4) is 0 Å². The second-order valence-electron chi connectivity index (χ2n) is 6.90. The van der Waals surface area contributed by atoms with Crippen molar-refractivity contribution in [3.05, 3.63) is 69.8 Å². The highest BCUT2D eigenvalue weighted by Gasteiger charge is 2.18. The maximum Gasteiger partial charge on any atom is 0.269 e. The van der Waals surface area contributed by atoms with E-state index in [1.165, 1.54) is 24.3 Å². The molecule has 0 heterocycles. The van der Waals surface area contributed by atoms with Gasteiger partial charge in [-0.2, -0.15) is 0 Å². The molecule has 0 fully saturated rings. The quantitative estimate of drug-likeness (QED) is 0.634. The van der Waals surface area contributed by atoms with Gasteiger partial charge in [-0.1, -0.05) is 24.3 Å². The fourth-order valence-corrected chi connectivity index (χ4v) is 2.31. The number of nitro groups is 1. The molecule has 2 N–H and O–H groups in total. The third-order valence-electron chi connectivity index (χ3n) is 3.45. The highest BCUT2D eigenvalue weighted by atomic mass is 16.6. The standard InChI is InChI=1S/C19H21N3O4/c1-19(2,3)21-18(24)15-6-4-5-7-16(15)20-17(23)12-13-8-10-14(11-9-13)22(25)26/h4-11H,12H2,1-3H3,(H,20,23)(H,21,24). The van der Waals surface area contributed by atoms with Crippen LogP contribution in [-0.4, -0.2) is 22.3 Å². The molecule has 2 aromatic rings. The first kappa shape index (κ1) is 19.1. The Labute approximate surface area is 151 Å². The molecule has 26 heavy (non-hydrogen) atoms. The van der Waals surface area contributed by atoms with Crippen molar-refractivity contribution in [1.29, 1.82) is 0 Å². The average molecular weight is 355 g/mol. The van der Waals surface area contributed by atoms with Gasteiger partial charge in [0.05, 0.1) is 22.6 Å². The highest BCUT2D eigenvalue weighted by molar-refractivity contribution is 6.04. The Morgan fingerprint density at radius 2 is 1.65 bits per heavy atom. The molecule has 0 unspecified atom stereocenters. The maximum absolute atomic E-state index is 12.4. The van der Waals surface area contributed by atoms with E-state index < -0.39 is 10.5 Å². The summed E-state index contributed by atoms with van der Waals surface area (Å²) >= 11 is 0. The van der Waals surface area contributed by atoms with Crippen LogP contribution in [0.1, 0.15) is 36.7 Å². The molecule has 0 spiro atoms. The molecular weight excluding hydrogens is 334 g/mol. The molecule has 0 aromatic heterocycles. The molecule has 0 saturated carbocycles. The van der Waals surface area contributed by atoms with E-state index in [0.717, 1.165) is 0 Å². The van der Waals surface area contributed by atoms with E-state index in [2.05, 4.69) is 10.6 Å². The average Bonchev–Trinajstić information content (AvgIpc) is 2.54. The summed E-state index contributed by atoms with van der Waals surface area (Å²) in [5.74, 6) is -0.585. The second-order valence-corrected chi connectivity index (χ2v) is 6.90. The lowest BCUT2D eigenvalue weighted by atomic mass is 10.1. The van der Waals surface area contributed by atoms with Crippen molar-refractivity contribution in [1.82, 2.24) is 5.32 Å². The first-order chi connectivity index (χ1) is 12.2. The van der Waals surface area contributed by atoms with Gasteiger partial charge in [0, 0.05) is 17.7 Å². The number of carbonyl (C=O) groups excluding carboxylic acids is 2. The lowest BCUT2D eigenvalue weighted by Crippen LogP contribution is -2.40. The number of carbonyl (C=O) groups is 2. The molecule has 7 heteroatoms. The van der Waals surface area contributed by atoms with Crippen LogP contribution < -0.4 is 10.6 Å². The van der Waals surface area contributed by atoms with E-state index in [4.69, 9.17) is 0 Å². The third kappa shape index (κ3) is 5.41. The lowest BCUT2D eigenvalue weighted by Gasteiger charge is -2.21. The van der Waals surface area contributed by atoms with Gasteiger partial charge in [-0.15, -0.1) is 0 Å². The van der Waals surface area contributed by atoms with Gasteiger partial charge in [0.25, 0.3) is 11.6 Å². The van der Waals surface area contributed by atoms with Crippen molar-refractivity contribution >= 4 is 23.2 Å². The zero-order chi connectivity index (χ0) is 19.3. The Bertz CT molecular complexity index is 823. The molecule has 0 atom stereocenters. The summed E-state index contributed by atoms with van der Waals surface area (Å²) in [7, 11) is 0. The van der Waals surface area contributed by atoms with Crippen molar-refractivity contribution in [3.63, 3.8) is 0 Å². The van der Waals surface area contributed by atoms with Gasteiger partial charge < -0.3 is 10.6 Å². The van der Waals surface area contributed by atoms with Crippen LogP contribution in [0, 0.1) is 10.1 Å². The molecular formula is C19H21N3O4. The summed E-state index contributed by atoms with van der Waals surface area (Å²) < 4.78 is 0. The minimum atomic E-state index is -0.492. The molecule has 0 bridgehead atoms. The number of hydrogen-bond acceptors (Lipinski definition) is 4. The van der Waals surface area contributed by atoms with Crippen molar-refractivity contribution in [2.24, 2.45) is 0 Å². The molecule has 2 aromatic carbocycles. The number of anilines is 1. The van der Waals surface area contributed by atoms with Gasteiger partial charge in [-0.25, -0.2) is 0 Å². The first-order valence-corrected chi connectivity index (χ1v) is 8.10. The minimum Gasteiger partial charge on any atom is -0.347 e. The van der Waals surface area contributed by atoms with Gasteiger partial charge in [0.15, 0.2) is 0 Å². The van der Waals surface area contributed by atoms with E-state index in [1.54, 1.807) is 24.3 Å². The molecule has 7 nitrogen and oxygen atoms in total. The monoisotopic (exact) mass is 355 g/mol. The fraction of sp³-hybridized carbons (Fsp3) is 0.263. The predicted octanol–water partition coefficient (Wildman–Crippen LogP) is 3.30. The number of nitrogens with one attached hydrogen (secondary N) is 2. The first-order valence-electron chi connectivity index (χ1n) is 8.10. The Morgan fingerprint density at radius 1 is 1.04 bits per heavy atom. The van der Waals surface area contributed by atoms with E-state index in [1.807, 2.05) is 20.8 Å². The van der Waals surface area contributed by atoms with Crippen molar-refractivity contribution < 1.29 is 14.5 Å². The van der Waals surface area contributed by atoms with Crippen LogP contribution in [0.15, 0.2) is 48.5 Å². The van der Waals surface area contributed by atoms with Gasteiger partial charge in [-0.3, -0.25) is 19.7 Å². The summed E-state index contributed by atoms with van der Waals surface area (Å²) in [6.45, 7) is 5.63. The Kier molecular flexibility index (Phi) is 5.71. The largest absolute Gasteiger partial charge is 0.347 e. The molecule has 0 saturated heterocycles. The summed E-state index contributed by atoms with van der Waals surface area (Å²) in [6.07, 6.45) is 0.0488. The van der Waals surface area contributed by atoms with Crippen LogP contribution in [0.4, 0.5) is 11.4 Å². The number of nitrogens with zero attached hydrogens (tertiary/aromatic N) is 1. The third-order valence-corrected chi connectivity index (χ3v) is 3.45. The zero-order valence-electron chi connectivity index (χ0n) is 14.9. The number of nitro benzene ring substituents is 1. The van der Waals surface area contributed by atoms with Crippen LogP contribution >= 0.6 is 0 Å². The normalized spacial score (nSPS) is 10.9. The summed E-state index contributed by atoms with van der Waals surface area (Å²) in [4.78, 5) is 34.9. The summed E-state index contributed by atoms with van der Waals surface area (Å²) in [6, 6.07) is 12.5. The van der Waals surface area contributed by atoms with E-state index in [9.17, 15) is 19.7 Å². The number of para-hydroxylation sites is 1. The van der Waals surface area contributed by atoms with Crippen molar-refractivity contribution in [2.45, 2.75) is 32.7 Å². The van der Waals surface area contributed by atoms with Crippen molar-refractivity contribution in [3.8, 4) is 0 Å². The SMILES string of the molecule is CC(C)(C)NC(=O)c1ccccc1NC(=O)Cc1ccc([N+](=O)[O-])cc1. The topological polar surface area (TPSA) is 101 Å². The second kappa shape index (κ2) is 7.77. The summed E-state index contributed by atoms with van der Waals surface area (Å²) in [5, 5.41) is 16.3. The van der Waals surface area contributed by atoms with Crippen molar-refractivity contribution in [2.75, 3.05) is 5.32 Å². The minimum absolute atomic E-state index is 0.0293. The number of non-ortho nitro benzene ring substituents is 1. The number of amides is 2. The van der Waals surface area contributed by atoms with Gasteiger partial charge >= 0.3 is 0 Å². The Hall–Kier alpha value is -3.22. The lowest BCUT2D eigenvalue weighted by molar-refractivity contribution is -0.384. The van der Waals surface area contributed by atoms with Gasteiger partial charge in [-0.05, 0) is 38.5 Å². The van der Waals surface area contributed by atoms with Crippen LogP contribution in [-0.2, 0) is 11.2 Å². The van der Waals surface area contributed by atoms with Crippen LogP contribution in [0.5, 0.6) is 0 Å². The Balaban J connectivity index is 2.09. The molecule has 0 aliphatic carbocycles. The molecule has 0 aliphatic rings. The van der Waals surface area contributed by atoms with Gasteiger partial charge in [0.2, 0.25) is 5.91 Å². The Morgan fingerprint density at radius 3 is 2.23 bits per heavy atom. The fourth-order valence-electron chi connectivity index (χ4n) is 2.31. The number of hydrogen-bond donors (Lipinski definition) is 2. The molecule has 2 amide bonds. The number of benzene rings is 2. The zero-order valence-corrected chi connectivity index (χ0v) is 14.9. The van der Waals surface area contributed by atoms with Crippen LogP contribution in [0.25, 0.3) is 0 Å². The van der Waals surface area contributed by atoms with Gasteiger partial charge in [0.1, 0.15) is 0 Å². The summed E-state index contributed by atoms with van der Waals surface area (Å²) in [5.41, 5.74) is 1.01.